The van der Waals surface area contributed by atoms with Crippen molar-refractivity contribution in [2.75, 3.05) is 16.4 Å². The van der Waals surface area contributed by atoms with Crippen molar-refractivity contribution < 1.29 is 30.7 Å². The summed E-state index contributed by atoms with van der Waals surface area (Å²) in [7, 11) is -3.53. The molecule has 31 heavy (non-hydrogen) atoms. The Hall–Kier alpha value is -3.41. The van der Waals surface area contributed by atoms with E-state index in [1.165, 1.54) is 43.6 Å². The average molecular weight is 456 g/mol. The van der Waals surface area contributed by atoms with Gasteiger partial charge in [0.05, 0.1) is 16.3 Å². The molecule has 3 rings (SSSR count). The molecule has 164 valence electrons. The molecule has 0 bridgehead atoms. The Kier molecular flexibility index (Phi) is 6.29. The zero-order chi connectivity index (χ0) is 22.6. The van der Waals surface area contributed by atoms with Gasteiger partial charge in [0.1, 0.15) is 29.5 Å². The molecule has 7 nitrogen and oxygen atoms in total. The zero-order valence-corrected chi connectivity index (χ0v) is 16.8. The highest BCUT2D eigenvalue weighted by Crippen LogP contribution is 2.27. The molecule has 1 heterocycles. The Bertz CT molecular complexity index is 1170. The summed E-state index contributed by atoms with van der Waals surface area (Å²) >= 11 is 0. The second-order valence-electron chi connectivity index (χ2n) is 6.16. The largest absolute Gasteiger partial charge is 0.573 e. The number of nitrogens with zero attached hydrogens (tertiary/aromatic N) is 2. The predicted octanol–water partition coefficient (Wildman–Crippen LogP) is 4.80. The fraction of sp³-hybridized carbons (Fsp3) is 0.158. The van der Waals surface area contributed by atoms with Gasteiger partial charge in [-0.2, -0.15) is 0 Å². The molecule has 3 aromatic rings. The number of benzene rings is 2. The summed E-state index contributed by atoms with van der Waals surface area (Å²) in [6, 6.07) is 9.78. The number of sulfone groups is 1. The van der Waals surface area contributed by atoms with E-state index in [1.807, 2.05) is 0 Å². The predicted molar refractivity (Wildman–Crippen MR) is 106 cm³/mol. The second-order valence-corrected chi connectivity index (χ2v) is 8.43. The summed E-state index contributed by atoms with van der Waals surface area (Å²) in [4.78, 5) is 7.91. The lowest BCUT2D eigenvalue weighted by Crippen LogP contribution is -2.16. The van der Waals surface area contributed by atoms with Crippen molar-refractivity contribution in [1.82, 2.24) is 9.97 Å². The van der Waals surface area contributed by atoms with Crippen LogP contribution in [0.15, 0.2) is 59.8 Å². The number of anilines is 4. The molecule has 0 aliphatic heterocycles. The summed E-state index contributed by atoms with van der Waals surface area (Å²) in [6.07, 6.45) is -3.61. The third-order valence-corrected chi connectivity index (χ3v) is 5.70. The Morgan fingerprint density at radius 2 is 1.61 bits per heavy atom. The minimum atomic E-state index is -4.79. The van der Waals surface area contributed by atoms with Crippen molar-refractivity contribution in [3.63, 3.8) is 0 Å². The van der Waals surface area contributed by atoms with E-state index < -0.39 is 22.0 Å². The van der Waals surface area contributed by atoms with E-state index >= 15 is 0 Å². The highest BCUT2D eigenvalue weighted by molar-refractivity contribution is 7.91. The lowest BCUT2D eigenvalue weighted by atomic mass is 10.3. The minimum Gasteiger partial charge on any atom is -0.406 e. The van der Waals surface area contributed by atoms with Crippen molar-refractivity contribution in [3.8, 4) is 5.75 Å². The molecule has 0 radical (unpaired) electrons. The molecular formula is C19H16F4N4O3S. The normalized spacial score (nSPS) is 11.8. The number of aromatic nitrogens is 2. The van der Waals surface area contributed by atoms with Crippen LogP contribution in [-0.4, -0.2) is 30.5 Å². The Balaban J connectivity index is 1.76. The third-order valence-electron chi connectivity index (χ3n) is 3.97. The van der Waals surface area contributed by atoms with Crippen molar-refractivity contribution in [2.24, 2.45) is 0 Å². The summed E-state index contributed by atoms with van der Waals surface area (Å²) in [6.45, 7) is 1.48. The van der Waals surface area contributed by atoms with E-state index in [2.05, 4.69) is 25.3 Å². The number of halogens is 4. The fourth-order valence-corrected chi connectivity index (χ4v) is 3.39. The van der Waals surface area contributed by atoms with Gasteiger partial charge < -0.3 is 15.4 Å². The number of hydrogen-bond donors (Lipinski definition) is 2. The van der Waals surface area contributed by atoms with E-state index in [9.17, 15) is 26.0 Å². The van der Waals surface area contributed by atoms with E-state index in [1.54, 1.807) is 0 Å². The van der Waals surface area contributed by atoms with Gasteiger partial charge in [0.2, 0.25) is 0 Å². The lowest BCUT2D eigenvalue weighted by molar-refractivity contribution is -0.274. The maximum absolute atomic E-state index is 14.1. The van der Waals surface area contributed by atoms with Gasteiger partial charge in [0, 0.05) is 11.8 Å². The smallest absolute Gasteiger partial charge is 0.406 e. The van der Waals surface area contributed by atoms with Crippen molar-refractivity contribution >= 4 is 32.8 Å². The molecule has 2 aromatic carbocycles. The molecule has 12 heteroatoms. The minimum absolute atomic E-state index is 0.0347. The van der Waals surface area contributed by atoms with Crippen molar-refractivity contribution in [2.45, 2.75) is 18.2 Å². The maximum atomic E-state index is 14.1. The van der Waals surface area contributed by atoms with Gasteiger partial charge in [-0.1, -0.05) is 6.92 Å². The molecule has 0 spiro atoms. The monoisotopic (exact) mass is 456 g/mol. The van der Waals surface area contributed by atoms with Crippen LogP contribution in [0.25, 0.3) is 0 Å². The molecule has 0 aliphatic carbocycles. The lowest BCUT2D eigenvalue weighted by Gasteiger charge is -2.12. The molecule has 0 aliphatic rings. The summed E-state index contributed by atoms with van der Waals surface area (Å²) in [5, 5.41) is 5.56. The molecule has 1 aromatic heterocycles. The number of ether oxygens (including phenoxy) is 1. The standard InChI is InChI=1S/C19H16F4N4O3S/c1-2-31(28,29)14-7-8-15(20)16(9-14)27-18-10-17(24-11-25-18)26-12-3-5-13(6-4-12)30-19(21,22)23/h3-11H,2H2,1H3,(H2,24,25,26,27). The van der Waals surface area contributed by atoms with Crippen molar-refractivity contribution in [3.05, 3.63) is 60.7 Å². The molecule has 0 atom stereocenters. The third kappa shape index (κ3) is 6.04. The van der Waals surface area contributed by atoms with Crippen LogP contribution >= 0.6 is 0 Å². The van der Waals surface area contributed by atoms with Crippen LogP contribution in [-0.2, 0) is 9.84 Å². The first-order chi connectivity index (χ1) is 14.6. The Labute approximate surface area is 175 Å². The van der Waals surface area contributed by atoms with E-state index in [4.69, 9.17) is 0 Å². The Morgan fingerprint density at radius 3 is 2.23 bits per heavy atom. The summed E-state index contributed by atoms with van der Waals surface area (Å²) < 4.78 is 78.7. The fourth-order valence-electron chi connectivity index (χ4n) is 2.48. The summed E-state index contributed by atoms with van der Waals surface area (Å²) in [5.41, 5.74) is 0.328. The van der Waals surface area contributed by atoms with Crippen LogP contribution in [0.3, 0.4) is 0 Å². The van der Waals surface area contributed by atoms with Crippen LogP contribution in [0.4, 0.5) is 40.6 Å². The zero-order valence-electron chi connectivity index (χ0n) is 15.9. The van der Waals surface area contributed by atoms with Gasteiger partial charge in [0.25, 0.3) is 0 Å². The number of alkyl halides is 3. The second kappa shape index (κ2) is 8.76. The van der Waals surface area contributed by atoms with E-state index in [-0.39, 0.29) is 33.7 Å². The highest BCUT2D eigenvalue weighted by Gasteiger charge is 2.30. The van der Waals surface area contributed by atoms with E-state index in [0.717, 1.165) is 18.2 Å². The van der Waals surface area contributed by atoms with E-state index in [0.29, 0.717) is 5.69 Å². The van der Waals surface area contributed by atoms with Gasteiger partial charge >= 0.3 is 6.36 Å². The maximum Gasteiger partial charge on any atom is 0.573 e. The van der Waals surface area contributed by atoms with Gasteiger partial charge in [-0.3, -0.25) is 0 Å². The van der Waals surface area contributed by atoms with Crippen LogP contribution in [0.2, 0.25) is 0 Å². The van der Waals surface area contributed by atoms with Crippen LogP contribution in [0.5, 0.6) is 5.75 Å². The SMILES string of the molecule is CCS(=O)(=O)c1ccc(F)c(Nc2cc(Nc3ccc(OC(F)(F)F)cc3)ncn2)c1. The number of rotatable bonds is 7. The van der Waals surface area contributed by atoms with Gasteiger partial charge in [0.15, 0.2) is 9.84 Å². The number of nitrogens with one attached hydrogen (secondary N) is 2. The van der Waals surface area contributed by atoms with Crippen LogP contribution in [0, 0.1) is 5.82 Å². The quantitative estimate of drug-likeness (QED) is 0.390. The molecular weight excluding hydrogens is 440 g/mol. The number of hydrogen-bond acceptors (Lipinski definition) is 7. The topological polar surface area (TPSA) is 93.2 Å². The highest BCUT2D eigenvalue weighted by atomic mass is 32.2. The first kappa shape index (κ1) is 22.3. The van der Waals surface area contributed by atoms with Gasteiger partial charge in [-0.25, -0.2) is 22.8 Å². The van der Waals surface area contributed by atoms with Crippen LogP contribution in [0.1, 0.15) is 6.92 Å². The molecule has 0 fully saturated rings. The average Bonchev–Trinajstić information content (AvgIpc) is 2.70. The van der Waals surface area contributed by atoms with Crippen LogP contribution < -0.4 is 15.4 Å². The van der Waals surface area contributed by atoms with Gasteiger partial charge in [-0.05, 0) is 42.5 Å². The molecule has 0 unspecified atom stereocenters. The molecule has 0 amide bonds. The first-order valence-electron chi connectivity index (χ1n) is 8.80. The van der Waals surface area contributed by atoms with Crippen molar-refractivity contribution in [1.29, 1.82) is 0 Å². The summed E-state index contributed by atoms with van der Waals surface area (Å²) in [5.74, 6) is -0.755. The molecule has 0 saturated carbocycles. The van der Waals surface area contributed by atoms with Gasteiger partial charge in [-0.15, -0.1) is 13.2 Å². The first-order valence-corrected chi connectivity index (χ1v) is 10.5. The Morgan fingerprint density at radius 1 is 0.968 bits per heavy atom. The molecule has 2 N–H and O–H groups in total. The molecule has 0 saturated heterocycles.